The molecule has 2 aromatic carbocycles. The van der Waals surface area contributed by atoms with Crippen molar-refractivity contribution in [3.05, 3.63) is 66.2 Å². The van der Waals surface area contributed by atoms with Crippen LogP contribution in [0.5, 0.6) is 11.5 Å². The van der Waals surface area contributed by atoms with E-state index in [9.17, 15) is 14.7 Å². The average Bonchev–Trinajstić information content (AvgIpc) is 3.53. The Kier molecular flexibility index (Phi) is 4.19. The fourth-order valence-electron chi connectivity index (χ4n) is 5.14. The molecule has 0 radical (unpaired) electrons. The van der Waals surface area contributed by atoms with Crippen LogP contribution in [0.4, 0.5) is 5.69 Å². The number of aryl methyl sites for hydroxylation is 1. The number of hydrogen-bond donors (Lipinski definition) is 2. The molecule has 4 aliphatic carbocycles. The number of carboxylic acids is 1. The number of benzene rings is 2. The summed E-state index contributed by atoms with van der Waals surface area (Å²) in [5.41, 5.74) is 1.81. The van der Waals surface area contributed by atoms with Crippen LogP contribution in [0.15, 0.2) is 60.7 Å². The number of carbonyl (C=O) groups excluding carboxylic acids is 1. The van der Waals surface area contributed by atoms with E-state index < -0.39 is 17.8 Å². The number of rotatable bonds is 5. The maximum atomic E-state index is 13.0. The van der Waals surface area contributed by atoms with E-state index in [1.54, 1.807) is 24.3 Å². The predicted molar refractivity (Wildman–Crippen MR) is 109 cm³/mol. The second kappa shape index (κ2) is 6.76. The van der Waals surface area contributed by atoms with E-state index in [1.165, 1.54) is 5.56 Å². The molecule has 0 aromatic heterocycles. The Morgan fingerprint density at radius 2 is 1.45 bits per heavy atom. The van der Waals surface area contributed by atoms with E-state index in [1.807, 2.05) is 37.3 Å². The number of ether oxygens (including phenoxy) is 1. The predicted octanol–water partition coefficient (Wildman–Crippen LogP) is 4.49. The molecule has 1 amide bonds. The lowest BCUT2D eigenvalue weighted by molar-refractivity contribution is -0.152. The first-order valence-electron chi connectivity index (χ1n) is 10.1. The number of carbonyl (C=O) groups is 2. The number of allylic oxidation sites excluding steroid dienone is 2. The van der Waals surface area contributed by atoms with Crippen molar-refractivity contribution < 1.29 is 19.4 Å². The van der Waals surface area contributed by atoms with E-state index in [0.717, 1.165) is 12.2 Å². The molecular weight excluding hydrogens is 366 g/mol. The van der Waals surface area contributed by atoms with Gasteiger partial charge in [0.2, 0.25) is 5.91 Å². The van der Waals surface area contributed by atoms with Gasteiger partial charge in [-0.1, -0.05) is 29.8 Å². The van der Waals surface area contributed by atoms with Crippen LogP contribution in [0.2, 0.25) is 0 Å². The number of anilines is 1. The monoisotopic (exact) mass is 389 g/mol. The first-order valence-corrected chi connectivity index (χ1v) is 10.1. The number of nitrogens with one attached hydrogen (secondary N) is 1. The Morgan fingerprint density at radius 1 is 0.897 bits per heavy atom. The van der Waals surface area contributed by atoms with Gasteiger partial charge in [-0.05, 0) is 73.4 Å². The SMILES string of the molecule is Cc1ccc(Oc2ccc(NC(=O)[C@@H]3[C@H]4C=C[C@@H]([C@@H]5C[C@@H]45)[C@@H]3C(=O)O)cc2)cc1. The van der Waals surface area contributed by atoms with Gasteiger partial charge in [-0.25, -0.2) is 0 Å². The molecule has 0 unspecified atom stereocenters. The smallest absolute Gasteiger partial charge is 0.307 e. The molecule has 29 heavy (non-hydrogen) atoms. The third-order valence-electron chi connectivity index (χ3n) is 6.62. The van der Waals surface area contributed by atoms with Gasteiger partial charge in [0.15, 0.2) is 0 Å². The highest BCUT2D eigenvalue weighted by Crippen LogP contribution is 2.63. The minimum atomic E-state index is -0.864. The lowest BCUT2D eigenvalue weighted by Gasteiger charge is -2.41. The first-order chi connectivity index (χ1) is 14.0. The molecule has 148 valence electrons. The molecular formula is C24H23NO4. The van der Waals surface area contributed by atoms with Gasteiger partial charge in [0.05, 0.1) is 11.8 Å². The van der Waals surface area contributed by atoms with Gasteiger partial charge in [-0.15, -0.1) is 0 Å². The van der Waals surface area contributed by atoms with Crippen molar-refractivity contribution in [2.45, 2.75) is 13.3 Å². The molecule has 2 fully saturated rings. The summed E-state index contributed by atoms with van der Waals surface area (Å²) in [5, 5.41) is 12.7. The quantitative estimate of drug-likeness (QED) is 0.739. The first kappa shape index (κ1) is 18.0. The van der Waals surface area contributed by atoms with Crippen molar-refractivity contribution in [3.8, 4) is 11.5 Å². The summed E-state index contributed by atoms with van der Waals surface area (Å²) in [7, 11) is 0. The molecule has 5 nitrogen and oxygen atoms in total. The molecule has 6 atom stereocenters. The van der Waals surface area contributed by atoms with E-state index in [0.29, 0.717) is 23.3 Å². The fraction of sp³-hybridized carbons (Fsp3) is 0.333. The fourth-order valence-corrected chi connectivity index (χ4v) is 5.14. The van der Waals surface area contributed by atoms with E-state index in [4.69, 9.17) is 4.74 Å². The molecule has 2 bridgehead atoms. The molecule has 5 heteroatoms. The molecule has 0 heterocycles. The standard InChI is InChI=1S/C24H23NO4/c1-13-2-6-15(7-3-13)29-16-8-4-14(5-9-16)25-23(26)21-17-10-11-18(20-12-19(17)20)22(21)24(27)28/h2-11,17-22H,12H2,1H3,(H,25,26)(H,27,28)/t17-,18-,19-,20-,21+,22-/m0/s1. The van der Waals surface area contributed by atoms with Crippen LogP contribution >= 0.6 is 0 Å². The molecule has 2 aromatic rings. The minimum absolute atomic E-state index is 0.0106. The van der Waals surface area contributed by atoms with Gasteiger partial charge in [-0.2, -0.15) is 0 Å². The van der Waals surface area contributed by atoms with Gasteiger partial charge in [0.1, 0.15) is 11.5 Å². The highest BCUT2D eigenvalue weighted by Gasteiger charge is 2.62. The third kappa shape index (κ3) is 3.20. The van der Waals surface area contributed by atoms with Crippen LogP contribution in [-0.2, 0) is 9.59 Å². The molecule has 0 aliphatic heterocycles. The highest BCUT2D eigenvalue weighted by atomic mass is 16.5. The van der Waals surface area contributed by atoms with Gasteiger partial charge in [-0.3, -0.25) is 9.59 Å². The molecule has 0 spiro atoms. The van der Waals surface area contributed by atoms with Gasteiger partial charge >= 0.3 is 5.97 Å². The highest BCUT2D eigenvalue weighted by molar-refractivity contribution is 5.96. The summed E-state index contributed by atoms with van der Waals surface area (Å²) in [4.78, 5) is 24.9. The van der Waals surface area contributed by atoms with Gasteiger partial charge < -0.3 is 15.2 Å². The zero-order chi connectivity index (χ0) is 20.1. The Hall–Kier alpha value is -3.08. The third-order valence-corrected chi connectivity index (χ3v) is 6.62. The topological polar surface area (TPSA) is 75.6 Å². The molecule has 4 aliphatic rings. The molecule has 0 saturated heterocycles. The van der Waals surface area contributed by atoms with Gasteiger partial charge in [0, 0.05) is 5.69 Å². The van der Waals surface area contributed by atoms with Crippen LogP contribution in [-0.4, -0.2) is 17.0 Å². The van der Waals surface area contributed by atoms with Crippen molar-refractivity contribution in [2.24, 2.45) is 35.5 Å². The van der Waals surface area contributed by atoms with Crippen molar-refractivity contribution in [1.82, 2.24) is 0 Å². The summed E-state index contributed by atoms with van der Waals surface area (Å²) in [6.45, 7) is 2.02. The second-order valence-electron chi connectivity index (χ2n) is 8.42. The van der Waals surface area contributed by atoms with Crippen LogP contribution in [0, 0.1) is 42.4 Å². The maximum absolute atomic E-state index is 13.0. The van der Waals surface area contributed by atoms with Crippen molar-refractivity contribution in [3.63, 3.8) is 0 Å². The van der Waals surface area contributed by atoms with Gasteiger partial charge in [0.25, 0.3) is 0 Å². The number of aliphatic carboxylic acids is 1. The van der Waals surface area contributed by atoms with Crippen molar-refractivity contribution >= 4 is 17.6 Å². The maximum Gasteiger partial charge on any atom is 0.307 e. The normalized spacial score (nSPS) is 31.1. The number of fused-ring (bicyclic) bond motifs is 1. The molecule has 2 N–H and O–H groups in total. The summed E-state index contributed by atoms with van der Waals surface area (Å²) in [5.74, 6) is 0.184. The largest absolute Gasteiger partial charge is 0.481 e. The minimum Gasteiger partial charge on any atom is -0.481 e. The van der Waals surface area contributed by atoms with Crippen LogP contribution in [0.25, 0.3) is 0 Å². The lowest BCUT2D eigenvalue weighted by Crippen LogP contribution is -2.48. The summed E-state index contributed by atoms with van der Waals surface area (Å²) in [6, 6.07) is 15.0. The Bertz CT molecular complexity index is 979. The van der Waals surface area contributed by atoms with Crippen LogP contribution in [0.3, 0.4) is 0 Å². The number of amides is 1. The number of hydrogen-bond acceptors (Lipinski definition) is 3. The van der Waals surface area contributed by atoms with E-state index in [-0.39, 0.29) is 17.7 Å². The second-order valence-corrected chi connectivity index (χ2v) is 8.42. The van der Waals surface area contributed by atoms with Crippen molar-refractivity contribution in [1.29, 1.82) is 0 Å². The van der Waals surface area contributed by atoms with Crippen LogP contribution < -0.4 is 10.1 Å². The average molecular weight is 389 g/mol. The Morgan fingerprint density at radius 3 is 2.03 bits per heavy atom. The summed E-state index contributed by atoms with van der Waals surface area (Å²) < 4.78 is 5.82. The van der Waals surface area contributed by atoms with E-state index >= 15 is 0 Å². The zero-order valence-electron chi connectivity index (χ0n) is 16.1. The Labute approximate surface area is 169 Å². The van der Waals surface area contributed by atoms with E-state index in [2.05, 4.69) is 11.4 Å². The Balaban J connectivity index is 1.29. The zero-order valence-corrected chi connectivity index (χ0v) is 16.1. The summed E-state index contributed by atoms with van der Waals surface area (Å²) >= 11 is 0. The van der Waals surface area contributed by atoms with Crippen LogP contribution in [0.1, 0.15) is 12.0 Å². The molecule has 2 saturated carbocycles. The lowest BCUT2D eigenvalue weighted by atomic mass is 9.62. The molecule has 6 rings (SSSR count). The summed E-state index contributed by atoms with van der Waals surface area (Å²) in [6.07, 6.45) is 5.14. The van der Waals surface area contributed by atoms with Crippen molar-refractivity contribution in [2.75, 3.05) is 5.32 Å². The number of carboxylic acid groups (broad SMARTS) is 1.